The number of rotatable bonds is 2. The van der Waals surface area contributed by atoms with E-state index in [1.165, 1.54) is 12.7 Å². The highest BCUT2D eigenvalue weighted by molar-refractivity contribution is 5.89. The van der Waals surface area contributed by atoms with Crippen molar-refractivity contribution in [3.63, 3.8) is 0 Å². The van der Waals surface area contributed by atoms with Gasteiger partial charge in [0.1, 0.15) is 0 Å². The van der Waals surface area contributed by atoms with Gasteiger partial charge >= 0.3 is 5.97 Å². The summed E-state index contributed by atoms with van der Waals surface area (Å²) in [5.41, 5.74) is 2.96. The Morgan fingerprint density at radius 3 is 2.88 bits per heavy atom. The highest BCUT2D eigenvalue weighted by Crippen LogP contribution is 2.33. The maximum atomic E-state index is 11.6. The minimum atomic E-state index is -0.335. The zero-order valence-corrected chi connectivity index (χ0v) is 10.3. The number of methoxy groups -OCH3 is 1. The molecule has 1 aromatic carbocycles. The maximum Gasteiger partial charge on any atom is 0.335 e. The molecule has 90 valence electrons. The van der Waals surface area contributed by atoms with Gasteiger partial charge in [-0.2, -0.15) is 0 Å². The normalized spacial score (nSPS) is 19.5. The van der Waals surface area contributed by atoms with E-state index in [0.717, 1.165) is 18.5 Å². The summed E-state index contributed by atoms with van der Waals surface area (Å²) < 4.78 is 4.76. The summed E-state index contributed by atoms with van der Waals surface area (Å²) in [5.74, 6) is -0.335. The quantitative estimate of drug-likeness (QED) is 0.575. The fourth-order valence-electron chi connectivity index (χ4n) is 2.39. The minimum absolute atomic E-state index is 0.0626. The average molecular weight is 231 g/mol. The Morgan fingerprint density at radius 1 is 1.47 bits per heavy atom. The summed E-state index contributed by atoms with van der Waals surface area (Å²) in [4.78, 5) is 13.8. The first-order valence-corrected chi connectivity index (χ1v) is 5.70. The van der Waals surface area contributed by atoms with Crippen molar-refractivity contribution in [1.29, 1.82) is 0 Å². The molecule has 0 N–H and O–H groups in total. The van der Waals surface area contributed by atoms with E-state index in [1.54, 1.807) is 0 Å². The summed E-state index contributed by atoms with van der Waals surface area (Å²) >= 11 is 0. The van der Waals surface area contributed by atoms with Gasteiger partial charge in [-0.25, -0.2) is 4.79 Å². The van der Waals surface area contributed by atoms with Crippen LogP contribution in [-0.2, 0) is 16.0 Å². The number of likely N-dealkylation sites (N-methyl/N-ethyl adjacent to an activating group) is 1. The molecular formula is C14H17NO2. The molecule has 0 saturated carbocycles. The number of carbonyl (C=O) groups excluding carboxylic acids is 1. The van der Waals surface area contributed by atoms with Crippen molar-refractivity contribution in [3.8, 4) is 0 Å². The largest absolute Gasteiger partial charge is 0.466 e. The van der Waals surface area contributed by atoms with Gasteiger partial charge in [0.05, 0.1) is 18.7 Å². The Morgan fingerprint density at radius 2 is 2.18 bits per heavy atom. The smallest absolute Gasteiger partial charge is 0.335 e. The molecule has 0 spiro atoms. The first kappa shape index (κ1) is 11.9. The molecule has 17 heavy (non-hydrogen) atoms. The molecule has 0 saturated heterocycles. The minimum Gasteiger partial charge on any atom is -0.466 e. The molecule has 0 fully saturated rings. The van der Waals surface area contributed by atoms with Gasteiger partial charge in [-0.05, 0) is 24.6 Å². The van der Waals surface area contributed by atoms with Crippen LogP contribution in [0.1, 0.15) is 17.2 Å². The van der Waals surface area contributed by atoms with E-state index in [2.05, 4.69) is 23.6 Å². The number of carbonyl (C=O) groups is 1. The SMILES string of the molecule is C=C(C(=O)OC)C1c2ccccc2CCN1C. The topological polar surface area (TPSA) is 29.5 Å². The molecule has 2 rings (SSSR count). The first-order valence-electron chi connectivity index (χ1n) is 5.70. The lowest BCUT2D eigenvalue weighted by molar-refractivity contribution is -0.136. The standard InChI is InChI=1S/C14H17NO2/c1-10(14(16)17-3)13-12-7-5-4-6-11(12)8-9-15(13)2/h4-7,13H,1,8-9H2,2-3H3. The van der Waals surface area contributed by atoms with Crippen LogP contribution in [0.5, 0.6) is 0 Å². The van der Waals surface area contributed by atoms with Crippen molar-refractivity contribution < 1.29 is 9.53 Å². The van der Waals surface area contributed by atoms with E-state index in [-0.39, 0.29) is 12.0 Å². The second kappa shape index (κ2) is 4.72. The van der Waals surface area contributed by atoms with Crippen molar-refractivity contribution in [3.05, 3.63) is 47.5 Å². The van der Waals surface area contributed by atoms with Gasteiger partial charge in [0, 0.05) is 6.54 Å². The Labute approximate surface area is 102 Å². The molecule has 3 heteroatoms. The van der Waals surface area contributed by atoms with Crippen LogP contribution in [0.4, 0.5) is 0 Å². The lowest BCUT2D eigenvalue weighted by Crippen LogP contribution is -2.35. The third-order valence-electron chi connectivity index (χ3n) is 3.30. The number of fused-ring (bicyclic) bond motifs is 1. The highest BCUT2D eigenvalue weighted by atomic mass is 16.5. The first-order chi connectivity index (χ1) is 8.15. The van der Waals surface area contributed by atoms with Crippen LogP contribution in [0.3, 0.4) is 0 Å². The third kappa shape index (κ3) is 2.11. The van der Waals surface area contributed by atoms with Crippen LogP contribution in [0, 0.1) is 0 Å². The summed E-state index contributed by atoms with van der Waals surface area (Å²) in [6, 6.07) is 8.13. The van der Waals surface area contributed by atoms with Crippen LogP contribution in [0.15, 0.2) is 36.4 Å². The summed E-state index contributed by atoms with van der Waals surface area (Å²) in [5, 5.41) is 0. The van der Waals surface area contributed by atoms with Crippen LogP contribution >= 0.6 is 0 Å². The van der Waals surface area contributed by atoms with Crippen LogP contribution in [0.2, 0.25) is 0 Å². The Balaban J connectivity index is 2.39. The average Bonchev–Trinajstić information content (AvgIpc) is 2.37. The number of hydrogen-bond donors (Lipinski definition) is 0. The summed E-state index contributed by atoms with van der Waals surface area (Å²) in [7, 11) is 3.40. The van der Waals surface area contributed by atoms with E-state index < -0.39 is 0 Å². The second-order valence-electron chi connectivity index (χ2n) is 4.35. The number of ether oxygens (including phenoxy) is 1. The van der Waals surface area contributed by atoms with Gasteiger partial charge in [0.15, 0.2) is 0 Å². The van der Waals surface area contributed by atoms with Crippen molar-refractivity contribution in [1.82, 2.24) is 4.90 Å². The molecule has 0 aliphatic carbocycles. The summed E-state index contributed by atoms with van der Waals surface area (Å²) in [6.45, 7) is 4.81. The Bertz CT molecular complexity index is 453. The van der Waals surface area contributed by atoms with Gasteiger partial charge in [-0.15, -0.1) is 0 Å². The van der Waals surface area contributed by atoms with Crippen molar-refractivity contribution in [2.75, 3.05) is 20.7 Å². The van der Waals surface area contributed by atoms with Crippen molar-refractivity contribution in [2.45, 2.75) is 12.5 Å². The molecule has 0 aromatic heterocycles. The number of esters is 1. The van der Waals surface area contributed by atoms with Gasteiger partial charge in [-0.1, -0.05) is 30.8 Å². The Kier molecular flexibility index (Phi) is 3.29. The molecule has 1 aliphatic rings. The van der Waals surface area contributed by atoms with Crippen molar-refractivity contribution in [2.24, 2.45) is 0 Å². The molecule has 1 atom stereocenters. The highest BCUT2D eigenvalue weighted by Gasteiger charge is 2.30. The fourth-order valence-corrected chi connectivity index (χ4v) is 2.39. The molecular weight excluding hydrogens is 214 g/mol. The van der Waals surface area contributed by atoms with Gasteiger partial charge in [0.2, 0.25) is 0 Å². The van der Waals surface area contributed by atoms with Crippen molar-refractivity contribution >= 4 is 5.97 Å². The molecule has 1 aliphatic heterocycles. The fraction of sp³-hybridized carbons (Fsp3) is 0.357. The predicted molar refractivity (Wildman–Crippen MR) is 66.7 cm³/mol. The van der Waals surface area contributed by atoms with Crippen LogP contribution in [-0.4, -0.2) is 31.6 Å². The number of hydrogen-bond acceptors (Lipinski definition) is 3. The molecule has 1 unspecified atom stereocenters. The lowest BCUT2D eigenvalue weighted by Gasteiger charge is -2.34. The predicted octanol–water partition coefficient (Wildman–Crippen LogP) is 1.94. The molecule has 0 bridgehead atoms. The zero-order chi connectivity index (χ0) is 12.4. The number of benzene rings is 1. The maximum absolute atomic E-state index is 11.6. The molecule has 1 heterocycles. The molecule has 1 aromatic rings. The van der Waals surface area contributed by atoms with Gasteiger partial charge < -0.3 is 4.74 Å². The molecule has 0 amide bonds. The van der Waals surface area contributed by atoms with Gasteiger partial charge in [0.25, 0.3) is 0 Å². The zero-order valence-electron chi connectivity index (χ0n) is 10.3. The van der Waals surface area contributed by atoms with Gasteiger partial charge in [-0.3, -0.25) is 4.90 Å². The van der Waals surface area contributed by atoms with E-state index in [1.807, 2.05) is 19.2 Å². The van der Waals surface area contributed by atoms with Crippen LogP contribution < -0.4 is 0 Å². The van der Waals surface area contributed by atoms with E-state index in [0.29, 0.717) is 5.57 Å². The van der Waals surface area contributed by atoms with E-state index in [9.17, 15) is 4.79 Å². The summed E-state index contributed by atoms with van der Waals surface area (Å²) in [6.07, 6.45) is 1.01. The second-order valence-corrected chi connectivity index (χ2v) is 4.35. The molecule has 3 nitrogen and oxygen atoms in total. The molecule has 0 radical (unpaired) electrons. The van der Waals surface area contributed by atoms with Crippen LogP contribution in [0.25, 0.3) is 0 Å². The van der Waals surface area contributed by atoms with E-state index >= 15 is 0 Å². The lowest BCUT2D eigenvalue weighted by atomic mass is 9.89. The number of nitrogens with zero attached hydrogens (tertiary/aromatic N) is 1. The Hall–Kier alpha value is -1.61. The van der Waals surface area contributed by atoms with E-state index in [4.69, 9.17) is 4.74 Å². The third-order valence-corrected chi connectivity index (χ3v) is 3.30. The monoisotopic (exact) mass is 231 g/mol.